The number of fused-ring (bicyclic) bond motifs is 1. The van der Waals surface area contributed by atoms with E-state index in [2.05, 4.69) is 10.2 Å². The molecule has 0 saturated carbocycles. The first-order valence-corrected chi connectivity index (χ1v) is 8.97. The van der Waals surface area contributed by atoms with Gasteiger partial charge in [-0.2, -0.15) is 0 Å². The molecule has 23 heavy (non-hydrogen) atoms. The Morgan fingerprint density at radius 3 is 3.00 bits per heavy atom. The molecule has 3 rings (SSSR count). The molecule has 1 aromatic heterocycles. The molecule has 1 atom stereocenters. The zero-order valence-electron chi connectivity index (χ0n) is 13.6. The number of carbonyl (C=O) groups is 2. The first-order chi connectivity index (χ1) is 11.1. The van der Waals surface area contributed by atoms with Crippen LogP contribution in [-0.2, 0) is 4.74 Å². The fourth-order valence-electron chi connectivity index (χ4n) is 3.32. The molecule has 2 aliphatic rings. The first-order valence-electron chi connectivity index (χ1n) is 8.16. The fraction of sp³-hybridized carbons (Fsp3) is 0.625. The average Bonchev–Trinajstić information content (AvgIpc) is 3.13. The summed E-state index contributed by atoms with van der Waals surface area (Å²) in [4.78, 5) is 29.8. The zero-order chi connectivity index (χ0) is 16.4. The standard InChI is InChI=1S/C16H23N3O3S/c1-3-22-15(20)13-9-11(2)23-14(13)17-16(21)19-8-7-18-6-4-5-12(18)10-19/h9,12H,3-8,10H2,1-2H3,(H,17,21)/t12-/m1/s1. The maximum atomic E-state index is 12.5. The van der Waals surface area contributed by atoms with Crippen LogP contribution in [0.3, 0.4) is 0 Å². The van der Waals surface area contributed by atoms with Crippen LogP contribution in [0.4, 0.5) is 9.80 Å². The van der Waals surface area contributed by atoms with Gasteiger partial charge in [0.25, 0.3) is 0 Å². The lowest BCUT2D eigenvalue weighted by Crippen LogP contribution is -2.53. The third-order valence-corrected chi connectivity index (χ3v) is 5.41. The quantitative estimate of drug-likeness (QED) is 0.861. The lowest BCUT2D eigenvalue weighted by molar-refractivity contribution is 0.0528. The molecule has 2 saturated heterocycles. The van der Waals surface area contributed by atoms with Crippen molar-refractivity contribution in [3.63, 3.8) is 0 Å². The molecule has 6 nitrogen and oxygen atoms in total. The number of hydrogen-bond donors (Lipinski definition) is 1. The van der Waals surface area contributed by atoms with Crippen molar-refractivity contribution in [1.29, 1.82) is 0 Å². The summed E-state index contributed by atoms with van der Waals surface area (Å²) in [5.74, 6) is -0.382. The van der Waals surface area contributed by atoms with Gasteiger partial charge in [-0.3, -0.25) is 10.2 Å². The first kappa shape index (κ1) is 16.3. The van der Waals surface area contributed by atoms with Crippen molar-refractivity contribution in [3.05, 3.63) is 16.5 Å². The van der Waals surface area contributed by atoms with Crippen LogP contribution in [0.15, 0.2) is 6.07 Å². The minimum absolute atomic E-state index is 0.121. The van der Waals surface area contributed by atoms with Gasteiger partial charge in [0.05, 0.1) is 12.2 Å². The number of anilines is 1. The lowest BCUT2D eigenvalue weighted by atomic mass is 10.2. The van der Waals surface area contributed by atoms with Crippen LogP contribution in [-0.4, -0.2) is 60.6 Å². The Morgan fingerprint density at radius 1 is 1.39 bits per heavy atom. The van der Waals surface area contributed by atoms with Crippen molar-refractivity contribution in [3.8, 4) is 0 Å². The fourth-order valence-corrected chi connectivity index (χ4v) is 4.21. The van der Waals surface area contributed by atoms with E-state index in [0.717, 1.165) is 37.5 Å². The number of nitrogens with zero attached hydrogens (tertiary/aromatic N) is 2. The number of esters is 1. The summed E-state index contributed by atoms with van der Waals surface area (Å²) in [5, 5.41) is 3.49. The van der Waals surface area contributed by atoms with Gasteiger partial charge in [-0.15, -0.1) is 11.3 Å². The maximum Gasteiger partial charge on any atom is 0.341 e. The Hall–Kier alpha value is -1.60. The number of thiophene rings is 1. The number of amides is 2. The van der Waals surface area contributed by atoms with E-state index in [1.165, 1.54) is 17.8 Å². The maximum absolute atomic E-state index is 12.5. The Labute approximate surface area is 140 Å². The molecule has 2 aliphatic heterocycles. The number of rotatable bonds is 3. The van der Waals surface area contributed by atoms with Gasteiger partial charge in [0.2, 0.25) is 0 Å². The largest absolute Gasteiger partial charge is 0.462 e. The van der Waals surface area contributed by atoms with E-state index in [1.807, 2.05) is 11.8 Å². The number of urea groups is 1. The molecular formula is C16H23N3O3S. The molecule has 2 fully saturated rings. The highest BCUT2D eigenvalue weighted by Gasteiger charge is 2.33. The molecule has 3 heterocycles. The molecule has 2 amide bonds. The highest BCUT2D eigenvalue weighted by molar-refractivity contribution is 7.16. The van der Waals surface area contributed by atoms with Crippen molar-refractivity contribution in [2.75, 3.05) is 38.1 Å². The predicted molar refractivity (Wildman–Crippen MR) is 90.2 cm³/mol. The second-order valence-corrected chi connectivity index (χ2v) is 7.28. The van der Waals surface area contributed by atoms with E-state index in [1.54, 1.807) is 13.0 Å². The molecule has 126 valence electrons. The highest BCUT2D eigenvalue weighted by atomic mass is 32.1. The average molecular weight is 337 g/mol. The van der Waals surface area contributed by atoms with Crippen molar-refractivity contribution in [2.45, 2.75) is 32.7 Å². The summed E-state index contributed by atoms with van der Waals surface area (Å²) in [5.41, 5.74) is 0.446. The van der Waals surface area contributed by atoms with Crippen molar-refractivity contribution < 1.29 is 14.3 Å². The molecule has 1 aromatic rings. The Bertz CT molecular complexity index is 601. The minimum Gasteiger partial charge on any atom is -0.462 e. The van der Waals surface area contributed by atoms with Crippen LogP contribution in [0.5, 0.6) is 0 Å². The van der Waals surface area contributed by atoms with E-state index in [4.69, 9.17) is 4.74 Å². The molecular weight excluding hydrogens is 314 g/mol. The van der Waals surface area contributed by atoms with Crippen LogP contribution in [0.25, 0.3) is 0 Å². The minimum atomic E-state index is -0.382. The second-order valence-electron chi connectivity index (χ2n) is 6.03. The van der Waals surface area contributed by atoms with Crippen LogP contribution < -0.4 is 5.32 Å². The van der Waals surface area contributed by atoms with Crippen molar-refractivity contribution >= 4 is 28.3 Å². The summed E-state index contributed by atoms with van der Waals surface area (Å²) < 4.78 is 5.06. The molecule has 0 spiro atoms. The summed E-state index contributed by atoms with van der Waals surface area (Å²) in [6.07, 6.45) is 2.38. The van der Waals surface area contributed by atoms with E-state index in [9.17, 15) is 9.59 Å². The monoisotopic (exact) mass is 337 g/mol. The highest BCUT2D eigenvalue weighted by Crippen LogP contribution is 2.29. The lowest BCUT2D eigenvalue weighted by Gasteiger charge is -2.37. The van der Waals surface area contributed by atoms with Gasteiger partial charge < -0.3 is 9.64 Å². The number of ether oxygens (including phenoxy) is 1. The van der Waals surface area contributed by atoms with Crippen LogP contribution in [0, 0.1) is 6.92 Å². The van der Waals surface area contributed by atoms with Gasteiger partial charge in [-0.1, -0.05) is 0 Å². The Balaban J connectivity index is 1.67. The Kier molecular flexibility index (Phi) is 4.87. The normalized spacial score (nSPS) is 21.1. The predicted octanol–water partition coefficient (Wildman–Crippen LogP) is 2.55. The Morgan fingerprint density at radius 2 is 2.22 bits per heavy atom. The second kappa shape index (κ2) is 6.88. The third kappa shape index (κ3) is 3.50. The SMILES string of the molecule is CCOC(=O)c1cc(C)sc1NC(=O)N1CCN2CCC[C@@H]2C1. The summed E-state index contributed by atoms with van der Waals surface area (Å²) in [7, 11) is 0. The van der Waals surface area contributed by atoms with E-state index < -0.39 is 0 Å². The molecule has 0 aliphatic carbocycles. The molecule has 0 aromatic carbocycles. The van der Waals surface area contributed by atoms with Crippen molar-refractivity contribution in [2.24, 2.45) is 0 Å². The summed E-state index contributed by atoms with van der Waals surface area (Å²) in [6, 6.07) is 2.14. The number of carbonyl (C=O) groups excluding carboxylic acids is 2. The van der Waals surface area contributed by atoms with Gasteiger partial charge in [0.15, 0.2) is 0 Å². The number of aryl methyl sites for hydroxylation is 1. The van der Waals surface area contributed by atoms with E-state index in [0.29, 0.717) is 23.2 Å². The number of hydrogen-bond acceptors (Lipinski definition) is 5. The van der Waals surface area contributed by atoms with Gasteiger partial charge in [0, 0.05) is 30.6 Å². The van der Waals surface area contributed by atoms with Crippen LogP contribution in [0.1, 0.15) is 35.0 Å². The van der Waals surface area contributed by atoms with Crippen LogP contribution >= 0.6 is 11.3 Å². The van der Waals surface area contributed by atoms with Gasteiger partial charge in [0.1, 0.15) is 5.00 Å². The molecule has 0 unspecified atom stereocenters. The summed E-state index contributed by atoms with van der Waals surface area (Å²) in [6.45, 7) is 7.61. The molecule has 7 heteroatoms. The topological polar surface area (TPSA) is 61.9 Å². The molecule has 0 radical (unpaired) electrons. The van der Waals surface area contributed by atoms with E-state index >= 15 is 0 Å². The van der Waals surface area contributed by atoms with Gasteiger partial charge in [-0.05, 0) is 39.3 Å². The number of piperazine rings is 1. The summed E-state index contributed by atoms with van der Waals surface area (Å²) >= 11 is 1.41. The third-order valence-electron chi connectivity index (χ3n) is 4.45. The molecule has 0 bridgehead atoms. The number of nitrogens with one attached hydrogen (secondary N) is 1. The van der Waals surface area contributed by atoms with E-state index in [-0.39, 0.29) is 12.0 Å². The van der Waals surface area contributed by atoms with Gasteiger partial charge >= 0.3 is 12.0 Å². The van der Waals surface area contributed by atoms with Gasteiger partial charge in [-0.25, -0.2) is 9.59 Å². The molecule has 1 N–H and O–H groups in total. The smallest absolute Gasteiger partial charge is 0.341 e. The van der Waals surface area contributed by atoms with Crippen molar-refractivity contribution in [1.82, 2.24) is 9.80 Å². The zero-order valence-corrected chi connectivity index (χ0v) is 14.4. The van der Waals surface area contributed by atoms with Crippen LogP contribution in [0.2, 0.25) is 0 Å².